The normalized spacial score (nSPS) is 28.6. The van der Waals surface area contributed by atoms with Crippen LogP contribution in [0, 0.1) is 11.8 Å². The molecule has 0 saturated carbocycles. The third-order valence-corrected chi connectivity index (χ3v) is 3.85. The maximum Gasteiger partial charge on any atom is 0.149 e. The Hall–Kier alpha value is -0.410. The molecule has 94 valence electrons. The second kappa shape index (κ2) is 5.78. The summed E-state index contributed by atoms with van der Waals surface area (Å²) in [7, 11) is 4.25. The molecule has 0 amide bonds. The second-order valence-corrected chi connectivity index (χ2v) is 5.48. The lowest BCUT2D eigenvalue weighted by Crippen LogP contribution is -2.36. The third-order valence-electron chi connectivity index (χ3n) is 3.85. The van der Waals surface area contributed by atoms with Crippen LogP contribution in [0.3, 0.4) is 0 Å². The van der Waals surface area contributed by atoms with Gasteiger partial charge in [-0.25, -0.2) is 0 Å². The molecule has 1 rings (SSSR count). The van der Waals surface area contributed by atoms with Crippen LogP contribution >= 0.6 is 0 Å². The van der Waals surface area contributed by atoms with E-state index >= 15 is 0 Å². The van der Waals surface area contributed by atoms with Gasteiger partial charge in [-0.1, -0.05) is 20.8 Å². The number of carbonyl (C=O) groups is 1. The van der Waals surface area contributed by atoms with E-state index in [1.807, 2.05) is 6.92 Å². The summed E-state index contributed by atoms with van der Waals surface area (Å²) in [6, 6.07) is 0.602. The lowest BCUT2D eigenvalue weighted by molar-refractivity contribution is -0.123. The van der Waals surface area contributed by atoms with E-state index in [4.69, 9.17) is 0 Å². The van der Waals surface area contributed by atoms with Gasteiger partial charge < -0.3 is 4.90 Å². The zero-order valence-electron chi connectivity index (χ0n) is 11.4. The Kier molecular flexibility index (Phi) is 4.93. The Bertz CT molecular complexity index is 240. The van der Waals surface area contributed by atoms with Crippen LogP contribution in [0.25, 0.3) is 0 Å². The van der Waals surface area contributed by atoms with Crippen molar-refractivity contribution in [2.45, 2.75) is 33.2 Å². The first-order chi connectivity index (χ1) is 7.45. The Morgan fingerprint density at radius 2 is 2.06 bits per heavy atom. The molecule has 1 aliphatic rings. The van der Waals surface area contributed by atoms with Crippen molar-refractivity contribution >= 4 is 5.78 Å². The molecule has 3 atom stereocenters. The van der Waals surface area contributed by atoms with Crippen LogP contribution in [-0.2, 0) is 4.79 Å². The molecule has 0 aromatic heterocycles. The van der Waals surface area contributed by atoms with Crippen LogP contribution in [0.2, 0.25) is 0 Å². The van der Waals surface area contributed by atoms with Gasteiger partial charge in [0.25, 0.3) is 0 Å². The average Bonchev–Trinajstić information content (AvgIpc) is 2.58. The molecule has 0 aromatic rings. The van der Waals surface area contributed by atoms with Crippen LogP contribution in [0.4, 0.5) is 0 Å². The minimum Gasteiger partial charge on any atom is -0.305 e. The van der Waals surface area contributed by atoms with E-state index in [1.165, 1.54) is 0 Å². The van der Waals surface area contributed by atoms with E-state index in [9.17, 15) is 4.79 Å². The molecule has 3 unspecified atom stereocenters. The summed E-state index contributed by atoms with van der Waals surface area (Å²) in [6.07, 6.45) is 0.958. The molecule has 0 aliphatic carbocycles. The largest absolute Gasteiger partial charge is 0.305 e. The molecular weight excluding hydrogens is 200 g/mol. The van der Waals surface area contributed by atoms with E-state index < -0.39 is 0 Å². The summed E-state index contributed by atoms with van der Waals surface area (Å²) in [5.41, 5.74) is 0. The zero-order valence-corrected chi connectivity index (χ0v) is 11.4. The van der Waals surface area contributed by atoms with E-state index in [1.54, 1.807) is 0 Å². The van der Waals surface area contributed by atoms with Gasteiger partial charge in [0.1, 0.15) is 5.78 Å². The van der Waals surface area contributed by atoms with Gasteiger partial charge in [-0.2, -0.15) is 0 Å². The smallest absolute Gasteiger partial charge is 0.149 e. The van der Waals surface area contributed by atoms with Crippen LogP contribution in [0.1, 0.15) is 27.2 Å². The fourth-order valence-electron chi connectivity index (χ4n) is 2.45. The van der Waals surface area contributed by atoms with Crippen LogP contribution in [0.15, 0.2) is 0 Å². The Balaban J connectivity index is 2.44. The van der Waals surface area contributed by atoms with E-state index in [0.717, 1.165) is 19.5 Å². The molecule has 0 bridgehead atoms. The van der Waals surface area contributed by atoms with Gasteiger partial charge in [-0.3, -0.25) is 9.69 Å². The van der Waals surface area contributed by atoms with E-state index in [0.29, 0.717) is 24.3 Å². The van der Waals surface area contributed by atoms with E-state index in [2.05, 4.69) is 37.7 Å². The van der Waals surface area contributed by atoms with Crippen molar-refractivity contribution in [3.05, 3.63) is 0 Å². The van der Waals surface area contributed by atoms with Gasteiger partial charge in [0, 0.05) is 25.0 Å². The number of ketones is 1. The van der Waals surface area contributed by atoms with Crippen molar-refractivity contribution in [2.75, 3.05) is 33.7 Å². The number of nitrogens with zero attached hydrogens (tertiary/aromatic N) is 2. The molecule has 16 heavy (non-hydrogen) atoms. The number of likely N-dealkylation sites (N-methyl/N-ethyl adjacent to an activating group) is 1. The molecule has 3 heteroatoms. The van der Waals surface area contributed by atoms with Crippen LogP contribution in [-0.4, -0.2) is 55.4 Å². The number of hydrogen-bond donors (Lipinski definition) is 0. The summed E-state index contributed by atoms with van der Waals surface area (Å²) in [5, 5.41) is 0. The highest BCUT2D eigenvalue weighted by atomic mass is 16.1. The van der Waals surface area contributed by atoms with Gasteiger partial charge in [-0.05, 0) is 26.4 Å². The number of hydrogen-bond acceptors (Lipinski definition) is 3. The first-order valence-corrected chi connectivity index (χ1v) is 6.37. The number of carbonyl (C=O) groups excluding carboxylic acids is 1. The molecule has 1 heterocycles. The van der Waals surface area contributed by atoms with Crippen LogP contribution < -0.4 is 0 Å². The molecule has 0 aromatic carbocycles. The third kappa shape index (κ3) is 3.29. The van der Waals surface area contributed by atoms with Crippen molar-refractivity contribution in [1.82, 2.24) is 9.80 Å². The minimum atomic E-state index is 0.216. The molecule has 0 radical (unpaired) electrons. The number of rotatable bonds is 5. The summed E-state index contributed by atoms with van der Waals surface area (Å²) in [6.45, 7) is 9.13. The van der Waals surface area contributed by atoms with E-state index in [-0.39, 0.29) is 5.92 Å². The molecule has 3 nitrogen and oxygen atoms in total. The first-order valence-electron chi connectivity index (χ1n) is 6.37. The quantitative estimate of drug-likeness (QED) is 0.709. The molecular formula is C13H26N2O. The van der Waals surface area contributed by atoms with Crippen molar-refractivity contribution in [3.8, 4) is 0 Å². The fourth-order valence-corrected chi connectivity index (χ4v) is 2.45. The fraction of sp³-hybridized carbons (Fsp3) is 0.923. The predicted molar refractivity (Wildman–Crippen MR) is 67.5 cm³/mol. The monoisotopic (exact) mass is 226 g/mol. The van der Waals surface area contributed by atoms with Gasteiger partial charge in [0.15, 0.2) is 0 Å². The maximum atomic E-state index is 11.9. The topological polar surface area (TPSA) is 23.6 Å². The maximum absolute atomic E-state index is 11.9. The van der Waals surface area contributed by atoms with Crippen molar-refractivity contribution in [3.63, 3.8) is 0 Å². The minimum absolute atomic E-state index is 0.216. The van der Waals surface area contributed by atoms with Gasteiger partial charge >= 0.3 is 0 Å². The van der Waals surface area contributed by atoms with Gasteiger partial charge in [0.2, 0.25) is 0 Å². The summed E-state index contributed by atoms with van der Waals surface area (Å²) >= 11 is 0. The Labute approximate surface area is 99.8 Å². The number of likely N-dealkylation sites (tertiary alicyclic amines) is 1. The highest BCUT2D eigenvalue weighted by Gasteiger charge is 2.32. The van der Waals surface area contributed by atoms with Crippen molar-refractivity contribution < 1.29 is 4.79 Å². The Morgan fingerprint density at radius 1 is 1.44 bits per heavy atom. The molecule has 1 saturated heterocycles. The molecule has 1 fully saturated rings. The molecule has 1 aliphatic heterocycles. The predicted octanol–water partition coefficient (Wildman–Crippen LogP) is 1.48. The highest BCUT2D eigenvalue weighted by molar-refractivity contribution is 5.82. The zero-order chi connectivity index (χ0) is 12.3. The lowest BCUT2D eigenvalue weighted by Gasteiger charge is -2.22. The SMILES string of the molecule is CCC(C)C(=O)CN1CC(C)C(N(C)C)C1. The molecule has 0 N–H and O–H groups in total. The van der Waals surface area contributed by atoms with Crippen molar-refractivity contribution in [2.24, 2.45) is 11.8 Å². The summed E-state index contributed by atoms with van der Waals surface area (Å²) < 4.78 is 0. The summed E-state index contributed by atoms with van der Waals surface area (Å²) in [5.74, 6) is 1.28. The number of Topliss-reactive ketones (excluding diaryl/α,β-unsaturated/α-hetero) is 1. The highest BCUT2D eigenvalue weighted by Crippen LogP contribution is 2.20. The van der Waals surface area contributed by atoms with Gasteiger partial charge in [-0.15, -0.1) is 0 Å². The van der Waals surface area contributed by atoms with Crippen LogP contribution in [0.5, 0.6) is 0 Å². The second-order valence-electron chi connectivity index (χ2n) is 5.48. The first kappa shape index (κ1) is 13.7. The lowest BCUT2D eigenvalue weighted by atomic mass is 10.0. The van der Waals surface area contributed by atoms with Gasteiger partial charge in [0.05, 0.1) is 6.54 Å². The van der Waals surface area contributed by atoms with Crippen molar-refractivity contribution in [1.29, 1.82) is 0 Å². The summed E-state index contributed by atoms with van der Waals surface area (Å²) in [4.78, 5) is 16.4. The average molecular weight is 226 g/mol. The standard InChI is InChI=1S/C13H26N2O/c1-6-10(2)13(16)9-15-7-11(3)12(8-15)14(4)5/h10-12H,6-9H2,1-5H3. The Morgan fingerprint density at radius 3 is 2.50 bits per heavy atom. The molecule has 0 spiro atoms.